The third-order valence-corrected chi connectivity index (χ3v) is 4.81. The molecule has 2 aromatic heterocycles. The quantitative estimate of drug-likeness (QED) is 0.946. The van der Waals surface area contributed by atoms with Gasteiger partial charge in [-0.3, -0.25) is 4.40 Å². The van der Waals surface area contributed by atoms with Crippen LogP contribution in [0.1, 0.15) is 39.3 Å². The van der Waals surface area contributed by atoms with E-state index >= 15 is 0 Å². The van der Waals surface area contributed by atoms with Gasteiger partial charge in [-0.1, -0.05) is 13.8 Å². The second-order valence-electron chi connectivity index (χ2n) is 6.81. The Morgan fingerprint density at radius 2 is 2.30 bits per heavy atom. The lowest BCUT2D eigenvalue weighted by Gasteiger charge is -2.38. The van der Waals surface area contributed by atoms with Gasteiger partial charge < -0.3 is 10.6 Å². The molecule has 0 aromatic carbocycles. The number of aromatic nitrogens is 2. The number of rotatable bonds is 3. The van der Waals surface area contributed by atoms with Crippen molar-refractivity contribution in [3.63, 3.8) is 0 Å². The van der Waals surface area contributed by atoms with Gasteiger partial charge in [0.25, 0.3) is 0 Å². The predicted octanol–water partition coefficient (Wildman–Crippen LogP) is 2.91. The molecule has 1 fully saturated rings. The fourth-order valence-corrected chi connectivity index (χ4v) is 3.90. The second-order valence-corrected chi connectivity index (χ2v) is 7.68. The van der Waals surface area contributed by atoms with E-state index in [1.54, 1.807) is 11.3 Å². The molecule has 0 bridgehead atoms. The van der Waals surface area contributed by atoms with E-state index in [9.17, 15) is 0 Å². The molecule has 0 aliphatic carbocycles. The van der Waals surface area contributed by atoms with Crippen LogP contribution < -0.4 is 10.6 Å². The van der Waals surface area contributed by atoms with Crippen molar-refractivity contribution in [1.82, 2.24) is 9.38 Å². The van der Waals surface area contributed by atoms with Crippen molar-refractivity contribution in [2.24, 2.45) is 11.1 Å². The molecule has 1 atom stereocenters. The third kappa shape index (κ3) is 2.56. The van der Waals surface area contributed by atoms with Gasteiger partial charge in [0.05, 0.1) is 5.69 Å². The van der Waals surface area contributed by atoms with Crippen molar-refractivity contribution >= 4 is 22.1 Å². The number of imidazole rings is 1. The summed E-state index contributed by atoms with van der Waals surface area (Å²) < 4.78 is 2.21. The Hall–Kier alpha value is -1.07. The van der Waals surface area contributed by atoms with E-state index in [2.05, 4.69) is 41.6 Å². The molecule has 4 nitrogen and oxygen atoms in total. The summed E-state index contributed by atoms with van der Waals surface area (Å²) in [6, 6.07) is 0.159. The molecule has 0 radical (unpaired) electrons. The van der Waals surface area contributed by atoms with Crippen molar-refractivity contribution in [3.8, 4) is 0 Å². The molecule has 0 saturated carbocycles. The molecular formula is C15H24N4S. The van der Waals surface area contributed by atoms with Crippen molar-refractivity contribution in [3.05, 3.63) is 17.3 Å². The molecule has 5 heteroatoms. The minimum absolute atomic E-state index is 0.159. The van der Waals surface area contributed by atoms with E-state index < -0.39 is 0 Å². The number of hydrogen-bond donors (Lipinski definition) is 1. The van der Waals surface area contributed by atoms with Crippen LogP contribution >= 0.6 is 11.3 Å². The van der Waals surface area contributed by atoms with E-state index in [1.165, 1.54) is 18.5 Å². The van der Waals surface area contributed by atoms with E-state index in [4.69, 9.17) is 10.7 Å². The van der Waals surface area contributed by atoms with Gasteiger partial charge in [-0.15, -0.1) is 11.3 Å². The van der Waals surface area contributed by atoms with Gasteiger partial charge in [-0.05, 0) is 25.2 Å². The number of hydrogen-bond acceptors (Lipinski definition) is 4. The molecule has 0 amide bonds. The third-order valence-electron chi connectivity index (χ3n) is 4.06. The van der Waals surface area contributed by atoms with Crippen molar-refractivity contribution in [2.45, 2.75) is 46.1 Å². The zero-order valence-electron chi connectivity index (χ0n) is 12.6. The summed E-state index contributed by atoms with van der Waals surface area (Å²) >= 11 is 1.70. The van der Waals surface area contributed by atoms with Crippen LogP contribution in [0.3, 0.4) is 0 Å². The number of nitrogens with zero attached hydrogens (tertiary/aromatic N) is 3. The summed E-state index contributed by atoms with van der Waals surface area (Å²) in [5, 5.41) is 2.09. The lowest BCUT2D eigenvalue weighted by molar-refractivity contribution is 0.292. The van der Waals surface area contributed by atoms with Crippen LogP contribution in [0.15, 0.2) is 11.6 Å². The van der Waals surface area contributed by atoms with Gasteiger partial charge >= 0.3 is 0 Å². The van der Waals surface area contributed by atoms with E-state index in [-0.39, 0.29) is 6.04 Å². The molecule has 1 aliphatic rings. The van der Waals surface area contributed by atoms with Gasteiger partial charge in [0.2, 0.25) is 0 Å². The molecule has 1 saturated heterocycles. The van der Waals surface area contributed by atoms with Crippen LogP contribution in [0.2, 0.25) is 0 Å². The monoisotopic (exact) mass is 292 g/mol. The topological polar surface area (TPSA) is 46.6 Å². The standard InChI is InChI=1S/C15H24N4S/c1-11(16)9-12-13(17-14-19(12)7-8-20-14)18-6-4-5-15(2,3)10-18/h7-8,11H,4-6,9-10,16H2,1-3H3. The Morgan fingerprint density at radius 1 is 1.50 bits per heavy atom. The number of piperidine rings is 1. The number of fused-ring (bicyclic) bond motifs is 1. The van der Waals surface area contributed by atoms with E-state index in [1.807, 2.05) is 0 Å². The summed E-state index contributed by atoms with van der Waals surface area (Å²) in [5.74, 6) is 1.15. The highest BCUT2D eigenvalue weighted by atomic mass is 32.1. The minimum atomic E-state index is 0.159. The summed E-state index contributed by atoms with van der Waals surface area (Å²) in [6.45, 7) is 8.96. The number of anilines is 1. The summed E-state index contributed by atoms with van der Waals surface area (Å²) in [6.07, 6.45) is 5.54. The highest BCUT2D eigenvalue weighted by molar-refractivity contribution is 7.15. The smallest absolute Gasteiger partial charge is 0.195 e. The first kappa shape index (κ1) is 13.9. The van der Waals surface area contributed by atoms with Crippen molar-refractivity contribution in [1.29, 1.82) is 0 Å². The number of nitrogens with two attached hydrogens (primary N) is 1. The van der Waals surface area contributed by atoms with Crippen LogP contribution in [-0.2, 0) is 6.42 Å². The maximum atomic E-state index is 6.04. The van der Waals surface area contributed by atoms with Crippen LogP contribution in [0.25, 0.3) is 4.96 Å². The van der Waals surface area contributed by atoms with Gasteiger partial charge in [0.1, 0.15) is 0 Å². The van der Waals surface area contributed by atoms with Gasteiger partial charge in [0, 0.05) is 37.1 Å². The van der Waals surface area contributed by atoms with Gasteiger partial charge in [-0.25, -0.2) is 4.98 Å². The fraction of sp³-hybridized carbons (Fsp3) is 0.667. The van der Waals surface area contributed by atoms with Gasteiger partial charge in [0.15, 0.2) is 10.8 Å². The molecule has 1 unspecified atom stereocenters. The van der Waals surface area contributed by atoms with E-state index in [0.29, 0.717) is 5.41 Å². The Balaban J connectivity index is 1.99. The first-order valence-electron chi connectivity index (χ1n) is 7.41. The first-order chi connectivity index (χ1) is 9.46. The molecule has 2 N–H and O–H groups in total. The Kier molecular flexibility index (Phi) is 3.50. The minimum Gasteiger partial charge on any atom is -0.355 e. The highest BCUT2D eigenvalue weighted by Crippen LogP contribution is 2.34. The largest absolute Gasteiger partial charge is 0.355 e. The molecule has 110 valence electrons. The normalized spacial score (nSPS) is 20.5. The summed E-state index contributed by atoms with van der Waals surface area (Å²) in [5.41, 5.74) is 7.69. The van der Waals surface area contributed by atoms with Gasteiger partial charge in [-0.2, -0.15) is 0 Å². The zero-order chi connectivity index (χ0) is 14.3. The maximum Gasteiger partial charge on any atom is 0.195 e. The molecule has 0 spiro atoms. The first-order valence-corrected chi connectivity index (χ1v) is 8.29. The molecule has 3 rings (SSSR count). The SMILES string of the molecule is CC(N)Cc1c(N2CCCC(C)(C)C2)nc2sccn12. The molecule has 20 heavy (non-hydrogen) atoms. The second kappa shape index (κ2) is 5.04. The average molecular weight is 292 g/mol. The maximum absolute atomic E-state index is 6.04. The van der Waals surface area contributed by atoms with Crippen molar-refractivity contribution < 1.29 is 0 Å². The lowest BCUT2D eigenvalue weighted by atomic mass is 9.84. The van der Waals surface area contributed by atoms with E-state index in [0.717, 1.165) is 30.3 Å². The summed E-state index contributed by atoms with van der Waals surface area (Å²) in [7, 11) is 0. The van der Waals surface area contributed by atoms with Crippen LogP contribution in [0.4, 0.5) is 5.82 Å². The van der Waals surface area contributed by atoms with Crippen molar-refractivity contribution in [2.75, 3.05) is 18.0 Å². The molecule has 2 aromatic rings. The number of thiazole rings is 1. The Morgan fingerprint density at radius 3 is 3.00 bits per heavy atom. The van der Waals surface area contributed by atoms with Crippen LogP contribution in [0.5, 0.6) is 0 Å². The predicted molar refractivity (Wildman–Crippen MR) is 85.7 cm³/mol. The molecule has 3 heterocycles. The fourth-order valence-electron chi connectivity index (χ4n) is 3.17. The molecule has 1 aliphatic heterocycles. The van der Waals surface area contributed by atoms with Crippen LogP contribution in [0, 0.1) is 5.41 Å². The Bertz CT molecular complexity index is 596. The Labute approximate surface area is 124 Å². The average Bonchev–Trinajstić information content (AvgIpc) is 2.90. The highest BCUT2D eigenvalue weighted by Gasteiger charge is 2.29. The molecular weight excluding hydrogens is 268 g/mol. The zero-order valence-corrected chi connectivity index (χ0v) is 13.4. The summed E-state index contributed by atoms with van der Waals surface area (Å²) in [4.78, 5) is 8.41. The van der Waals surface area contributed by atoms with Crippen LogP contribution in [-0.4, -0.2) is 28.5 Å². The lowest BCUT2D eigenvalue weighted by Crippen LogP contribution is -2.41.